The molecule has 0 aliphatic rings. The first-order valence-electron chi connectivity index (χ1n) is 7.36. The van der Waals surface area contributed by atoms with Crippen LogP contribution in [0.5, 0.6) is 0 Å². The maximum Gasteiger partial charge on any atom is 0.407 e. The van der Waals surface area contributed by atoms with Gasteiger partial charge >= 0.3 is 12.2 Å². The molecule has 0 aliphatic carbocycles. The van der Waals surface area contributed by atoms with Crippen LogP contribution in [0.25, 0.3) is 0 Å². The molecule has 1 rings (SSSR count). The molecule has 0 saturated carbocycles. The quantitative estimate of drug-likeness (QED) is 0.640. The second-order valence-corrected chi connectivity index (χ2v) is 6.10. The van der Waals surface area contributed by atoms with E-state index in [1.54, 1.807) is 32.9 Å². The Morgan fingerprint density at radius 3 is 2.43 bits per heavy atom. The van der Waals surface area contributed by atoms with Gasteiger partial charge in [-0.05, 0) is 43.9 Å². The minimum Gasteiger partial charge on any atom is -0.465 e. The van der Waals surface area contributed by atoms with Gasteiger partial charge in [0.05, 0.1) is 6.61 Å². The zero-order chi connectivity index (χ0) is 17.5. The molecule has 1 aromatic rings. The second kappa shape index (κ2) is 8.38. The van der Waals surface area contributed by atoms with Gasteiger partial charge in [0.2, 0.25) is 0 Å². The highest BCUT2D eigenvalue weighted by Gasteiger charge is 2.16. The number of nitrogens with one attached hydrogen (secondary N) is 2. The molecule has 0 heterocycles. The molecule has 0 aliphatic heterocycles. The number of amides is 2. The highest BCUT2D eigenvalue weighted by molar-refractivity contribution is 5.67. The summed E-state index contributed by atoms with van der Waals surface area (Å²) in [7, 11) is 0. The molecule has 1 aromatic carbocycles. The summed E-state index contributed by atoms with van der Waals surface area (Å²) in [6.07, 6.45) is -1.05. The van der Waals surface area contributed by atoms with Crippen LogP contribution in [0.3, 0.4) is 0 Å². The Bertz CT molecular complexity index is 552. The standard InChI is InChI=1S/C16H24N2O5/c1-16(2,3)23-15(22)18-9-12-5-4-11(8-13(12)10-19)6-7-17-14(20)21/h4-5,8,17,19H,6-7,9-10H2,1-3H3,(H,18,22)(H,20,21). The normalized spacial score (nSPS) is 11.0. The summed E-state index contributed by atoms with van der Waals surface area (Å²) in [5.41, 5.74) is 1.82. The highest BCUT2D eigenvalue weighted by Crippen LogP contribution is 2.14. The van der Waals surface area contributed by atoms with Crippen LogP contribution in [-0.2, 0) is 24.3 Å². The van der Waals surface area contributed by atoms with Gasteiger partial charge in [0, 0.05) is 13.1 Å². The number of aliphatic hydroxyl groups is 1. The Hall–Kier alpha value is -2.28. The summed E-state index contributed by atoms with van der Waals surface area (Å²) in [4.78, 5) is 22.1. The Morgan fingerprint density at radius 1 is 1.17 bits per heavy atom. The Balaban J connectivity index is 2.62. The number of benzene rings is 1. The molecule has 0 fully saturated rings. The third-order valence-corrected chi connectivity index (χ3v) is 2.95. The molecule has 0 saturated heterocycles. The molecular formula is C16H24N2O5. The van der Waals surface area contributed by atoms with Crippen LogP contribution in [0.1, 0.15) is 37.5 Å². The summed E-state index contributed by atoms with van der Waals surface area (Å²) in [6.45, 7) is 5.74. The van der Waals surface area contributed by atoms with Crippen molar-refractivity contribution in [3.8, 4) is 0 Å². The molecule has 7 heteroatoms. The molecule has 23 heavy (non-hydrogen) atoms. The molecule has 0 spiro atoms. The number of alkyl carbamates (subject to hydrolysis) is 1. The van der Waals surface area contributed by atoms with E-state index in [1.807, 2.05) is 6.07 Å². The van der Waals surface area contributed by atoms with Gasteiger partial charge in [-0.2, -0.15) is 0 Å². The van der Waals surface area contributed by atoms with E-state index in [-0.39, 0.29) is 13.2 Å². The van der Waals surface area contributed by atoms with Gasteiger partial charge in [0.15, 0.2) is 0 Å². The van der Waals surface area contributed by atoms with E-state index in [9.17, 15) is 14.7 Å². The van der Waals surface area contributed by atoms with Crippen LogP contribution in [0.15, 0.2) is 18.2 Å². The zero-order valence-electron chi connectivity index (χ0n) is 13.7. The summed E-state index contributed by atoms with van der Waals surface area (Å²) >= 11 is 0. The van der Waals surface area contributed by atoms with Crippen molar-refractivity contribution in [2.24, 2.45) is 0 Å². The Labute approximate surface area is 135 Å². The van der Waals surface area contributed by atoms with Gasteiger partial charge in [0.25, 0.3) is 0 Å². The van der Waals surface area contributed by atoms with Gasteiger partial charge in [-0.15, -0.1) is 0 Å². The van der Waals surface area contributed by atoms with E-state index >= 15 is 0 Å². The van der Waals surface area contributed by atoms with Gasteiger partial charge in [0.1, 0.15) is 5.60 Å². The van der Waals surface area contributed by atoms with Gasteiger partial charge in [-0.1, -0.05) is 18.2 Å². The second-order valence-electron chi connectivity index (χ2n) is 6.10. The molecule has 2 amide bonds. The molecule has 0 aromatic heterocycles. The Morgan fingerprint density at radius 2 is 1.87 bits per heavy atom. The van der Waals surface area contributed by atoms with E-state index in [1.165, 1.54) is 0 Å². The fourth-order valence-electron chi connectivity index (χ4n) is 1.95. The summed E-state index contributed by atoms with van der Waals surface area (Å²) in [5.74, 6) is 0. The molecule has 0 radical (unpaired) electrons. The summed E-state index contributed by atoms with van der Waals surface area (Å²) in [6, 6.07) is 5.45. The molecule has 128 valence electrons. The zero-order valence-corrected chi connectivity index (χ0v) is 13.7. The minimum atomic E-state index is -1.06. The third kappa shape index (κ3) is 7.51. The number of hydrogen-bond acceptors (Lipinski definition) is 4. The van der Waals surface area contributed by atoms with Crippen molar-refractivity contribution in [1.82, 2.24) is 10.6 Å². The molecule has 0 bridgehead atoms. The number of carbonyl (C=O) groups excluding carboxylic acids is 1. The lowest BCUT2D eigenvalue weighted by atomic mass is 10.0. The van der Waals surface area contributed by atoms with E-state index in [4.69, 9.17) is 9.84 Å². The van der Waals surface area contributed by atoms with Crippen molar-refractivity contribution in [2.45, 2.75) is 45.9 Å². The third-order valence-electron chi connectivity index (χ3n) is 2.95. The number of hydrogen-bond donors (Lipinski definition) is 4. The smallest absolute Gasteiger partial charge is 0.407 e. The highest BCUT2D eigenvalue weighted by atomic mass is 16.6. The van der Waals surface area contributed by atoms with E-state index in [0.29, 0.717) is 18.5 Å². The monoisotopic (exact) mass is 324 g/mol. The SMILES string of the molecule is CC(C)(C)OC(=O)NCc1ccc(CCNC(=O)O)cc1CO. The summed E-state index contributed by atoms with van der Waals surface area (Å²) in [5, 5.41) is 22.9. The first-order valence-corrected chi connectivity index (χ1v) is 7.36. The van der Waals surface area contributed by atoms with Gasteiger partial charge in [-0.25, -0.2) is 9.59 Å². The van der Waals surface area contributed by atoms with E-state index in [2.05, 4.69) is 10.6 Å². The first kappa shape index (κ1) is 18.8. The average Bonchev–Trinajstić information content (AvgIpc) is 2.43. The fraction of sp³-hybridized carbons (Fsp3) is 0.500. The van der Waals surface area contributed by atoms with Crippen molar-refractivity contribution in [1.29, 1.82) is 0 Å². The van der Waals surface area contributed by atoms with Gasteiger partial charge in [-0.3, -0.25) is 0 Å². The maximum atomic E-state index is 11.6. The van der Waals surface area contributed by atoms with Crippen molar-refractivity contribution in [3.63, 3.8) is 0 Å². The minimum absolute atomic E-state index is 0.161. The lowest BCUT2D eigenvalue weighted by molar-refractivity contribution is 0.0523. The van der Waals surface area contributed by atoms with Crippen LogP contribution in [0, 0.1) is 0 Å². The number of ether oxygens (including phenoxy) is 1. The summed E-state index contributed by atoms with van der Waals surface area (Å²) < 4.78 is 5.16. The van der Waals surface area contributed by atoms with Crippen LogP contribution in [0.2, 0.25) is 0 Å². The molecule has 0 unspecified atom stereocenters. The molecule has 0 atom stereocenters. The number of aliphatic hydroxyl groups excluding tert-OH is 1. The Kier molecular flexibility index (Phi) is 6.84. The van der Waals surface area contributed by atoms with Crippen molar-refractivity contribution >= 4 is 12.2 Å². The van der Waals surface area contributed by atoms with Crippen molar-refractivity contribution < 1.29 is 24.5 Å². The number of carbonyl (C=O) groups is 2. The predicted octanol–water partition coefficient (Wildman–Crippen LogP) is 2.01. The fourth-order valence-corrected chi connectivity index (χ4v) is 1.95. The number of rotatable bonds is 6. The lowest BCUT2D eigenvalue weighted by Crippen LogP contribution is -2.32. The molecular weight excluding hydrogens is 300 g/mol. The topological polar surface area (TPSA) is 108 Å². The van der Waals surface area contributed by atoms with Crippen LogP contribution < -0.4 is 10.6 Å². The van der Waals surface area contributed by atoms with Crippen LogP contribution in [0.4, 0.5) is 9.59 Å². The maximum absolute atomic E-state index is 11.6. The molecule has 7 nitrogen and oxygen atoms in total. The predicted molar refractivity (Wildman–Crippen MR) is 85.2 cm³/mol. The van der Waals surface area contributed by atoms with E-state index in [0.717, 1.165) is 11.1 Å². The largest absolute Gasteiger partial charge is 0.465 e. The lowest BCUT2D eigenvalue weighted by Gasteiger charge is -2.20. The van der Waals surface area contributed by atoms with Crippen LogP contribution in [-0.4, -0.2) is 34.5 Å². The number of carboxylic acid groups (broad SMARTS) is 1. The van der Waals surface area contributed by atoms with Crippen molar-refractivity contribution in [2.75, 3.05) is 6.54 Å². The molecule has 4 N–H and O–H groups in total. The van der Waals surface area contributed by atoms with Crippen LogP contribution >= 0.6 is 0 Å². The van der Waals surface area contributed by atoms with Crippen molar-refractivity contribution in [3.05, 3.63) is 34.9 Å². The average molecular weight is 324 g/mol. The van der Waals surface area contributed by atoms with Gasteiger partial charge < -0.3 is 25.6 Å². The van der Waals surface area contributed by atoms with E-state index < -0.39 is 17.8 Å². The first-order chi connectivity index (χ1) is 10.7.